The van der Waals surface area contributed by atoms with Gasteiger partial charge in [-0.15, -0.1) is 0 Å². The molecule has 1 aliphatic heterocycles. The topological polar surface area (TPSA) is 140 Å². The maximum atomic E-state index is 12.2. The van der Waals surface area contributed by atoms with Crippen molar-refractivity contribution in [3.8, 4) is 0 Å². The van der Waals surface area contributed by atoms with Crippen molar-refractivity contribution < 1.29 is 40.1 Å². The Morgan fingerprint density at radius 1 is 1.00 bits per heavy atom. The Hall–Kier alpha value is -0.580. The number of hydrogen-bond acceptors (Lipinski definition) is 8. The summed E-state index contributed by atoms with van der Waals surface area (Å²) in [6, 6.07) is 0. The SMILES string of the molecule is C=C1[C@H]2C[C@H](O[C@@H]3O[C@H](CO)[C@@H](O)[C@H](O)[C@H]3O)C(C)(C)[C@]2(O)CC[C@@]23C[C@@H](CC[C@@H]12)[C@](C)(O)C3. The van der Waals surface area contributed by atoms with Crippen molar-refractivity contribution in [1.82, 2.24) is 0 Å². The molecule has 5 rings (SSSR count). The molecule has 1 heterocycles. The molecule has 6 N–H and O–H groups in total. The normalized spacial score (nSPS) is 56.6. The molecule has 12 atom stereocenters. The molecule has 5 fully saturated rings. The van der Waals surface area contributed by atoms with Gasteiger partial charge < -0.3 is 40.1 Å². The zero-order valence-electron chi connectivity index (χ0n) is 20.6. The number of ether oxygens (including phenoxy) is 2. The quantitative estimate of drug-likeness (QED) is 0.326. The molecule has 1 saturated heterocycles. The third-order valence-corrected chi connectivity index (χ3v) is 10.8. The minimum absolute atomic E-state index is 0.0206. The summed E-state index contributed by atoms with van der Waals surface area (Å²) >= 11 is 0. The molecule has 0 aromatic rings. The summed E-state index contributed by atoms with van der Waals surface area (Å²) in [5.74, 6) is 0.363. The molecule has 8 heteroatoms. The standard InChI is InChI=1S/C26H42O8/c1-13-15-6-5-14-10-25(15,12-24(14,4)31)7-8-26(32)16(13)9-18(23(26,2)3)34-22-21(30)20(29)19(28)17(11-27)33-22/h14-22,27-32H,1,5-12H2,2-4H3/t14-,15+,16-,17-,18+,19-,20+,21-,22+,24-,25+,26+/m1/s1. The molecular weight excluding hydrogens is 440 g/mol. The van der Waals surface area contributed by atoms with Crippen LogP contribution >= 0.6 is 0 Å². The van der Waals surface area contributed by atoms with E-state index >= 15 is 0 Å². The van der Waals surface area contributed by atoms with Crippen molar-refractivity contribution in [1.29, 1.82) is 0 Å². The molecule has 2 bridgehead atoms. The number of rotatable bonds is 3. The van der Waals surface area contributed by atoms with E-state index in [1.165, 1.54) is 0 Å². The number of aliphatic hydroxyl groups excluding tert-OH is 4. The Balaban J connectivity index is 1.40. The van der Waals surface area contributed by atoms with Crippen LogP contribution in [0, 0.1) is 28.6 Å². The van der Waals surface area contributed by atoms with E-state index in [0.29, 0.717) is 18.8 Å². The molecule has 8 nitrogen and oxygen atoms in total. The van der Waals surface area contributed by atoms with Crippen LogP contribution in [0.1, 0.15) is 65.7 Å². The van der Waals surface area contributed by atoms with Gasteiger partial charge >= 0.3 is 0 Å². The van der Waals surface area contributed by atoms with Crippen LogP contribution in [0.5, 0.6) is 0 Å². The summed E-state index contributed by atoms with van der Waals surface area (Å²) in [6.07, 6.45) is -1.59. The van der Waals surface area contributed by atoms with Crippen LogP contribution in [-0.4, -0.2) is 85.3 Å². The molecular formula is C26H42O8. The third kappa shape index (κ3) is 3.33. The van der Waals surface area contributed by atoms with E-state index in [1.54, 1.807) is 0 Å². The van der Waals surface area contributed by atoms with Crippen molar-refractivity contribution in [2.24, 2.45) is 28.6 Å². The van der Waals surface area contributed by atoms with Gasteiger partial charge in [0.05, 0.1) is 23.9 Å². The number of hydrogen-bond donors (Lipinski definition) is 6. The Bertz CT molecular complexity index is 826. The zero-order valence-corrected chi connectivity index (χ0v) is 20.6. The van der Waals surface area contributed by atoms with Gasteiger partial charge in [0.2, 0.25) is 0 Å². The minimum atomic E-state index is -1.51. The summed E-state index contributed by atoms with van der Waals surface area (Å²) in [6.45, 7) is 9.91. The van der Waals surface area contributed by atoms with Gasteiger partial charge in [-0.25, -0.2) is 0 Å². The first-order chi connectivity index (χ1) is 15.8. The number of aliphatic hydroxyl groups is 6. The molecule has 0 unspecified atom stereocenters. The van der Waals surface area contributed by atoms with Gasteiger partial charge in [0.25, 0.3) is 0 Å². The largest absolute Gasteiger partial charge is 0.394 e. The second kappa shape index (κ2) is 7.96. The lowest BCUT2D eigenvalue weighted by atomic mass is 9.63. The lowest BCUT2D eigenvalue weighted by molar-refractivity contribution is -0.319. The van der Waals surface area contributed by atoms with Crippen LogP contribution in [0.4, 0.5) is 0 Å². The Labute approximate surface area is 201 Å². The van der Waals surface area contributed by atoms with Gasteiger partial charge in [-0.05, 0) is 69.1 Å². The molecule has 0 aromatic carbocycles. The minimum Gasteiger partial charge on any atom is -0.394 e. The van der Waals surface area contributed by atoms with Crippen LogP contribution < -0.4 is 0 Å². The average Bonchev–Trinajstić information content (AvgIpc) is 3.06. The monoisotopic (exact) mass is 482 g/mol. The Morgan fingerprint density at radius 3 is 2.38 bits per heavy atom. The summed E-state index contributed by atoms with van der Waals surface area (Å²) < 4.78 is 11.8. The molecule has 4 aliphatic carbocycles. The molecule has 0 aromatic heterocycles. The predicted molar refractivity (Wildman–Crippen MR) is 122 cm³/mol. The van der Waals surface area contributed by atoms with Gasteiger partial charge in [0.1, 0.15) is 24.4 Å². The summed E-state index contributed by atoms with van der Waals surface area (Å²) in [5.41, 5.74) is -1.42. The van der Waals surface area contributed by atoms with Crippen molar-refractivity contribution >= 4 is 0 Å². The first-order valence-electron chi connectivity index (χ1n) is 12.9. The van der Waals surface area contributed by atoms with Gasteiger partial charge in [-0.2, -0.15) is 0 Å². The highest BCUT2D eigenvalue weighted by atomic mass is 16.7. The molecule has 5 aliphatic rings. The van der Waals surface area contributed by atoms with Crippen molar-refractivity contribution in [3.63, 3.8) is 0 Å². The maximum Gasteiger partial charge on any atom is 0.186 e. The Kier molecular flexibility index (Phi) is 5.87. The highest BCUT2D eigenvalue weighted by Crippen LogP contribution is 2.69. The van der Waals surface area contributed by atoms with E-state index in [-0.39, 0.29) is 17.3 Å². The van der Waals surface area contributed by atoms with E-state index in [0.717, 1.165) is 37.7 Å². The molecule has 0 radical (unpaired) electrons. The van der Waals surface area contributed by atoms with E-state index < -0.39 is 60.0 Å². The van der Waals surface area contributed by atoms with E-state index in [4.69, 9.17) is 9.47 Å². The fourth-order valence-corrected chi connectivity index (χ4v) is 8.57. The van der Waals surface area contributed by atoms with Crippen LogP contribution in [0.25, 0.3) is 0 Å². The lowest BCUT2D eigenvalue weighted by Gasteiger charge is -2.45. The predicted octanol–water partition coefficient (Wildman–Crippen LogP) is 0.856. The van der Waals surface area contributed by atoms with Crippen LogP contribution in [-0.2, 0) is 9.47 Å². The second-order valence-corrected chi connectivity index (χ2v) is 12.8. The smallest absolute Gasteiger partial charge is 0.186 e. The first kappa shape index (κ1) is 25.1. The van der Waals surface area contributed by atoms with Crippen LogP contribution in [0.3, 0.4) is 0 Å². The van der Waals surface area contributed by atoms with Crippen molar-refractivity contribution in [3.05, 3.63) is 12.2 Å². The van der Waals surface area contributed by atoms with Crippen molar-refractivity contribution in [2.45, 2.75) is 114 Å². The molecule has 4 saturated carbocycles. The fourth-order valence-electron chi connectivity index (χ4n) is 8.57. The maximum absolute atomic E-state index is 12.2. The highest BCUT2D eigenvalue weighted by Gasteiger charge is 2.67. The second-order valence-electron chi connectivity index (χ2n) is 12.8. The van der Waals surface area contributed by atoms with Gasteiger partial charge in [-0.1, -0.05) is 26.0 Å². The van der Waals surface area contributed by atoms with E-state index in [1.807, 2.05) is 20.8 Å². The summed E-state index contributed by atoms with van der Waals surface area (Å²) in [7, 11) is 0. The lowest BCUT2D eigenvalue weighted by Crippen LogP contribution is -2.60. The third-order valence-electron chi connectivity index (χ3n) is 10.8. The molecule has 194 valence electrons. The molecule has 1 spiro atoms. The van der Waals surface area contributed by atoms with E-state index in [2.05, 4.69) is 6.58 Å². The fraction of sp³-hybridized carbons (Fsp3) is 0.923. The summed E-state index contributed by atoms with van der Waals surface area (Å²) in [5, 5.41) is 63.6. The zero-order chi connectivity index (χ0) is 24.8. The van der Waals surface area contributed by atoms with Crippen LogP contribution in [0.2, 0.25) is 0 Å². The van der Waals surface area contributed by atoms with Gasteiger partial charge in [0.15, 0.2) is 6.29 Å². The van der Waals surface area contributed by atoms with Gasteiger partial charge in [0, 0.05) is 11.3 Å². The first-order valence-corrected chi connectivity index (χ1v) is 12.9. The van der Waals surface area contributed by atoms with Crippen molar-refractivity contribution in [2.75, 3.05) is 6.61 Å². The molecule has 34 heavy (non-hydrogen) atoms. The molecule has 0 amide bonds. The van der Waals surface area contributed by atoms with E-state index in [9.17, 15) is 30.6 Å². The number of fused-ring (bicyclic) bond motifs is 2. The average molecular weight is 483 g/mol. The summed E-state index contributed by atoms with van der Waals surface area (Å²) in [4.78, 5) is 0. The van der Waals surface area contributed by atoms with Gasteiger partial charge in [-0.3, -0.25) is 0 Å². The van der Waals surface area contributed by atoms with Crippen LogP contribution in [0.15, 0.2) is 12.2 Å². The Morgan fingerprint density at radius 2 is 1.71 bits per heavy atom. The highest BCUT2D eigenvalue weighted by molar-refractivity contribution is 5.28.